The zero-order valence-electron chi connectivity index (χ0n) is 16.1. The number of rotatable bonds is 4. The lowest BCUT2D eigenvalue weighted by Crippen LogP contribution is -2.38. The van der Waals surface area contributed by atoms with Crippen LogP contribution in [0.4, 0.5) is 5.69 Å². The summed E-state index contributed by atoms with van der Waals surface area (Å²) < 4.78 is 5.13. The Morgan fingerprint density at radius 1 is 0.900 bits per heavy atom. The Balaban J connectivity index is 1.47. The minimum atomic E-state index is -0.714. The number of carbonyl (C=O) groups is 4. The second-order valence-corrected chi connectivity index (χ2v) is 7.64. The van der Waals surface area contributed by atoms with Crippen LogP contribution < -0.4 is 4.90 Å². The summed E-state index contributed by atoms with van der Waals surface area (Å²) in [4.78, 5) is 52.8. The van der Waals surface area contributed by atoms with Crippen molar-refractivity contribution in [2.75, 3.05) is 24.6 Å². The first-order chi connectivity index (χ1) is 14.5. The molecular formula is C22H19ClN2O5. The molecule has 2 aliphatic heterocycles. The number of halogens is 1. The van der Waals surface area contributed by atoms with E-state index < -0.39 is 17.8 Å². The molecule has 0 aliphatic carbocycles. The third-order valence-electron chi connectivity index (χ3n) is 5.24. The first-order valence-electron chi connectivity index (χ1n) is 9.69. The van der Waals surface area contributed by atoms with Gasteiger partial charge in [-0.25, -0.2) is 9.69 Å². The average Bonchev–Trinajstić information content (AvgIpc) is 3.02. The molecule has 0 saturated carbocycles. The standard InChI is InChI=1S/C22H19ClN2O5/c23-15-5-7-16(8-6-15)25-20(27)17-9-4-14(12-18(17)21(25)28)22(29)30-13-19(26)24-10-2-1-3-11-24/h4-9,12H,1-3,10-11,13H2. The summed E-state index contributed by atoms with van der Waals surface area (Å²) in [6, 6.07) is 10.5. The Morgan fingerprint density at radius 2 is 1.57 bits per heavy atom. The summed E-state index contributed by atoms with van der Waals surface area (Å²) in [7, 11) is 0. The number of benzene rings is 2. The van der Waals surface area contributed by atoms with Crippen LogP contribution in [0.1, 0.15) is 50.3 Å². The number of piperidine rings is 1. The van der Waals surface area contributed by atoms with Gasteiger partial charge < -0.3 is 9.64 Å². The van der Waals surface area contributed by atoms with Crippen LogP contribution in [-0.2, 0) is 9.53 Å². The van der Waals surface area contributed by atoms with Gasteiger partial charge in [0.15, 0.2) is 6.61 Å². The summed E-state index contributed by atoms with van der Waals surface area (Å²) in [5, 5.41) is 0.486. The molecule has 30 heavy (non-hydrogen) atoms. The molecule has 1 fully saturated rings. The Kier molecular flexibility index (Phi) is 5.55. The lowest BCUT2D eigenvalue weighted by atomic mass is 10.1. The maximum Gasteiger partial charge on any atom is 0.338 e. The summed E-state index contributed by atoms with van der Waals surface area (Å²) in [6.07, 6.45) is 2.99. The molecule has 2 aliphatic rings. The van der Waals surface area contributed by atoms with Crippen molar-refractivity contribution in [1.82, 2.24) is 4.90 Å². The van der Waals surface area contributed by atoms with Crippen LogP contribution in [0.15, 0.2) is 42.5 Å². The van der Waals surface area contributed by atoms with Crippen molar-refractivity contribution in [2.45, 2.75) is 19.3 Å². The van der Waals surface area contributed by atoms with Crippen molar-refractivity contribution >= 4 is 41.0 Å². The second-order valence-electron chi connectivity index (χ2n) is 7.20. The fourth-order valence-electron chi connectivity index (χ4n) is 3.64. The minimum Gasteiger partial charge on any atom is -0.452 e. The van der Waals surface area contributed by atoms with Gasteiger partial charge in [-0.2, -0.15) is 0 Å². The number of ether oxygens (including phenoxy) is 1. The molecule has 3 amide bonds. The van der Waals surface area contributed by atoms with Crippen LogP contribution in [0, 0.1) is 0 Å². The zero-order chi connectivity index (χ0) is 21.3. The number of carbonyl (C=O) groups excluding carboxylic acids is 4. The molecule has 2 aromatic carbocycles. The second kappa shape index (κ2) is 8.28. The first-order valence-corrected chi connectivity index (χ1v) is 10.1. The summed E-state index contributed by atoms with van der Waals surface area (Å²) in [5.74, 6) is -1.95. The summed E-state index contributed by atoms with van der Waals surface area (Å²) in [6.45, 7) is 0.998. The van der Waals surface area contributed by atoms with Crippen LogP contribution in [-0.4, -0.2) is 48.3 Å². The van der Waals surface area contributed by atoms with E-state index >= 15 is 0 Å². The van der Waals surface area contributed by atoms with E-state index in [0.29, 0.717) is 23.8 Å². The minimum absolute atomic E-state index is 0.110. The van der Waals surface area contributed by atoms with Crippen LogP contribution >= 0.6 is 11.6 Å². The van der Waals surface area contributed by atoms with Crippen molar-refractivity contribution in [2.24, 2.45) is 0 Å². The molecule has 7 nitrogen and oxygen atoms in total. The van der Waals surface area contributed by atoms with Gasteiger partial charge in [-0.15, -0.1) is 0 Å². The van der Waals surface area contributed by atoms with Gasteiger partial charge in [-0.1, -0.05) is 11.6 Å². The molecule has 2 aromatic rings. The van der Waals surface area contributed by atoms with Gasteiger partial charge in [0, 0.05) is 18.1 Å². The Morgan fingerprint density at radius 3 is 2.27 bits per heavy atom. The van der Waals surface area contributed by atoms with Crippen LogP contribution in [0.2, 0.25) is 5.02 Å². The first kappa shape index (κ1) is 20.1. The normalized spacial score (nSPS) is 15.9. The SMILES string of the molecule is O=C(OCC(=O)N1CCCCC1)c1ccc2c(c1)C(=O)N(c1ccc(Cl)cc1)C2=O. The number of anilines is 1. The van der Waals surface area contributed by atoms with E-state index in [9.17, 15) is 19.2 Å². The number of fused-ring (bicyclic) bond motifs is 1. The zero-order valence-corrected chi connectivity index (χ0v) is 16.9. The highest BCUT2D eigenvalue weighted by Gasteiger charge is 2.37. The van der Waals surface area contributed by atoms with E-state index in [0.717, 1.165) is 24.2 Å². The number of amides is 3. The highest BCUT2D eigenvalue weighted by atomic mass is 35.5. The highest BCUT2D eigenvalue weighted by Crippen LogP contribution is 2.30. The van der Waals surface area contributed by atoms with Gasteiger partial charge >= 0.3 is 5.97 Å². The molecule has 154 valence electrons. The predicted molar refractivity (Wildman–Crippen MR) is 110 cm³/mol. The van der Waals surface area contributed by atoms with Gasteiger partial charge in [0.1, 0.15) is 0 Å². The lowest BCUT2D eigenvalue weighted by Gasteiger charge is -2.26. The van der Waals surface area contributed by atoms with Gasteiger partial charge in [0.05, 0.1) is 22.4 Å². The molecular weight excluding hydrogens is 408 g/mol. The van der Waals surface area contributed by atoms with Crippen molar-refractivity contribution < 1.29 is 23.9 Å². The maximum atomic E-state index is 12.8. The molecule has 0 spiro atoms. The van der Waals surface area contributed by atoms with E-state index in [1.165, 1.54) is 18.2 Å². The number of nitrogens with zero attached hydrogens (tertiary/aromatic N) is 2. The van der Waals surface area contributed by atoms with Crippen molar-refractivity contribution in [3.63, 3.8) is 0 Å². The number of imide groups is 1. The fourth-order valence-corrected chi connectivity index (χ4v) is 3.76. The van der Waals surface area contributed by atoms with Crippen molar-refractivity contribution in [3.8, 4) is 0 Å². The third-order valence-corrected chi connectivity index (χ3v) is 5.49. The van der Waals surface area contributed by atoms with Crippen LogP contribution in [0.5, 0.6) is 0 Å². The predicted octanol–water partition coefficient (Wildman–Crippen LogP) is 3.31. The van der Waals surface area contributed by atoms with Gasteiger partial charge in [-0.3, -0.25) is 14.4 Å². The molecule has 0 N–H and O–H groups in total. The van der Waals surface area contributed by atoms with Gasteiger partial charge in [-0.05, 0) is 61.7 Å². The smallest absolute Gasteiger partial charge is 0.338 e. The number of esters is 1. The molecule has 1 saturated heterocycles. The summed E-state index contributed by atoms with van der Waals surface area (Å²) >= 11 is 5.87. The van der Waals surface area contributed by atoms with Crippen molar-refractivity contribution in [1.29, 1.82) is 0 Å². The molecule has 0 aromatic heterocycles. The van der Waals surface area contributed by atoms with Crippen LogP contribution in [0.3, 0.4) is 0 Å². The number of hydrogen-bond acceptors (Lipinski definition) is 5. The molecule has 0 radical (unpaired) electrons. The van der Waals surface area contributed by atoms with E-state index in [4.69, 9.17) is 16.3 Å². The molecule has 0 bridgehead atoms. The quantitative estimate of drug-likeness (QED) is 0.553. The Hall–Kier alpha value is -3.19. The summed E-state index contributed by atoms with van der Waals surface area (Å²) in [5.41, 5.74) is 0.823. The number of hydrogen-bond donors (Lipinski definition) is 0. The van der Waals surface area contributed by atoms with Gasteiger partial charge in [0.2, 0.25) is 0 Å². The molecule has 0 atom stereocenters. The molecule has 0 unspecified atom stereocenters. The fraction of sp³-hybridized carbons (Fsp3) is 0.273. The molecule has 4 rings (SSSR count). The topological polar surface area (TPSA) is 84.0 Å². The van der Waals surface area contributed by atoms with E-state index in [-0.39, 0.29) is 29.2 Å². The van der Waals surface area contributed by atoms with Crippen LogP contribution in [0.25, 0.3) is 0 Å². The van der Waals surface area contributed by atoms with Gasteiger partial charge in [0.25, 0.3) is 17.7 Å². The maximum absolute atomic E-state index is 12.8. The highest BCUT2D eigenvalue weighted by molar-refractivity contribution is 6.35. The largest absolute Gasteiger partial charge is 0.452 e. The Labute approximate surface area is 178 Å². The third kappa shape index (κ3) is 3.80. The monoisotopic (exact) mass is 426 g/mol. The van der Waals surface area contributed by atoms with E-state index in [1.54, 1.807) is 29.2 Å². The Bertz CT molecular complexity index is 1030. The molecule has 2 heterocycles. The van der Waals surface area contributed by atoms with E-state index in [1.807, 2.05) is 0 Å². The average molecular weight is 427 g/mol. The van der Waals surface area contributed by atoms with E-state index in [2.05, 4.69) is 0 Å². The molecule has 8 heteroatoms. The van der Waals surface area contributed by atoms with Crippen molar-refractivity contribution in [3.05, 3.63) is 64.2 Å². The lowest BCUT2D eigenvalue weighted by molar-refractivity contribution is -0.135. The number of likely N-dealkylation sites (tertiary alicyclic amines) is 1.